The molecule has 1 aliphatic heterocycles. The topological polar surface area (TPSA) is 91.0 Å². The Morgan fingerprint density at radius 1 is 1.26 bits per heavy atom. The van der Waals surface area contributed by atoms with Crippen molar-refractivity contribution in [3.63, 3.8) is 0 Å². The second-order valence-electron chi connectivity index (χ2n) is 9.82. The molecular weight excluding hydrogens is 470 g/mol. The van der Waals surface area contributed by atoms with Crippen molar-refractivity contribution in [1.29, 1.82) is 5.26 Å². The average molecular weight is 500 g/mol. The Morgan fingerprint density at radius 2 is 2.00 bits per heavy atom. The summed E-state index contributed by atoms with van der Waals surface area (Å²) in [6.07, 6.45) is 7.53. The van der Waals surface area contributed by atoms with Crippen LogP contribution in [0.4, 0.5) is 5.82 Å². The van der Waals surface area contributed by atoms with E-state index < -0.39 is 22.4 Å². The van der Waals surface area contributed by atoms with Gasteiger partial charge in [0.1, 0.15) is 17.4 Å². The van der Waals surface area contributed by atoms with Crippen LogP contribution in [-0.4, -0.2) is 43.3 Å². The average Bonchev–Trinajstić information content (AvgIpc) is 3.29. The predicted octanol–water partition coefficient (Wildman–Crippen LogP) is 4.28. The van der Waals surface area contributed by atoms with Gasteiger partial charge in [-0.2, -0.15) is 10.4 Å². The number of rotatable bonds is 6. The van der Waals surface area contributed by atoms with Crippen LogP contribution in [0.2, 0.25) is 5.02 Å². The molecule has 1 saturated heterocycles. The normalized spacial score (nSPS) is 25.0. The van der Waals surface area contributed by atoms with Crippen LogP contribution in [0.5, 0.6) is 0 Å². The fourth-order valence-corrected chi connectivity index (χ4v) is 7.11. The molecule has 1 aromatic heterocycles. The van der Waals surface area contributed by atoms with Gasteiger partial charge in [0.15, 0.2) is 0 Å². The highest BCUT2D eigenvalue weighted by Crippen LogP contribution is 2.38. The highest BCUT2D eigenvalue weighted by atomic mass is 35.5. The van der Waals surface area contributed by atoms with Crippen molar-refractivity contribution < 1.29 is 9.00 Å². The minimum atomic E-state index is -1.36. The first-order valence-corrected chi connectivity index (χ1v) is 13.7. The van der Waals surface area contributed by atoms with Gasteiger partial charge in [-0.3, -0.25) is 9.00 Å². The SMILES string of the molecule is Cc1cc(N2C[C@H](S(=O)c3ccccc3Cl)C[C@H]2C(=O)NC2(C#N)CC2)n(C2CCCCC2)n1. The highest BCUT2D eigenvalue weighted by molar-refractivity contribution is 7.85. The van der Waals surface area contributed by atoms with Gasteiger partial charge in [0.2, 0.25) is 5.91 Å². The van der Waals surface area contributed by atoms with Gasteiger partial charge in [0.25, 0.3) is 0 Å². The smallest absolute Gasteiger partial charge is 0.244 e. The van der Waals surface area contributed by atoms with Gasteiger partial charge in [-0.1, -0.05) is 43.0 Å². The van der Waals surface area contributed by atoms with E-state index in [0.717, 1.165) is 24.4 Å². The largest absolute Gasteiger partial charge is 0.344 e. The number of carbonyl (C=O) groups excluding carboxylic acids is 1. The van der Waals surface area contributed by atoms with E-state index in [0.29, 0.717) is 41.8 Å². The summed E-state index contributed by atoms with van der Waals surface area (Å²) in [5.41, 5.74) is 0.161. The number of aromatic nitrogens is 2. The van der Waals surface area contributed by atoms with Crippen LogP contribution in [0.25, 0.3) is 0 Å². The molecular formula is C25H30ClN5O2S. The summed E-state index contributed by atoms with van der Waals surface area (Å²) < 4.78 is 15.6. The molecule has 34 heavy (non-hydrogen) atoms. The molecule has 5 rings (SSSR count). The summed E-state index contributed by atoms with van der Waals surface area (Å²) in [5.74, 6) is 0.733. The molecule has 2 saturated carbocycles. The Hall–Kier alpha value is -2.37. The van der Waals surface area contributed by atoms with Crippen LogP contribution in [-0.2, 0) is 15.6 Å². The van der Waals surface area contributed by atoms with E-state index >= 15 is 0 Å². The zero-order valence-corrected chi connectivity index (χ0v) is 20.9. The molecule has 3 fully saturated rings. The molecule has 1 N–H and O–H groups in total. The molecule has 3 aliphatic rings. The number of nitrogens with zero attached hydrogens (tertiary/aromatic N) is 4. The number of nitrogens with one attached hydrogen (secondary N) is 1. The molecule has 0 spiro atoms. The molecule has 3 atom stereocenters. The standard InChI is InChI=1S/C25H30ClN5O2S/c1-17-13-23(31(29-17)18-7-3-2-4-8-18)30-15-19(34(33)22-10-6-5-9-20(22)26)14-21(30)24(32)28-25(16-27)11-12-25/h5-6,9-10,13,18-19,21H,2-4,7-8,11-12,14-15H2,1H3,(H,28,32)/t19-,21+,34?/m1/s1. The number of aryl methyl sites for hydroxylation is 1. The summed E-state index contributed by atoms with van der Waals surface area (Å²) >= 11 is 6.36. The van der Waals surface area contributed by atoms with E-state index in [-0.39, 0.29) is 11.2 Å². The number of hydrogen-bond donors (Lipinski definition) is 1. The van der Waals surface area contributed by atoms with Crippen molar-refractivity contribution in [3.05, 3.63) is 41.0 Å². The van der Waals surface area contributed by atoms with Crippen LogP contribution >= 0.6 is 11.6 Å². The van der Waals surface area contributed by atoms with Crippen LogP contribution in [0, 0.1) is 18.3 Å². The number of anilines is 1. The monoisotopic (exact) mass is 499 g/mol. The molecule has 1 unspecified atom stereocenters. The zero-order chi connectivity index (χ0) is 23.9. The van der Waals surface area contributed by atoms with Crippen molar-refractivity contribution >= 4 is 34.1 Å². The van der Waals surface area contributed by atoms with Gasteiger partial charge in [-0.15, -0.1) is 0 Å². The van der Waals surface area contributed by atoms with E-state index in [9.17, 15) is 14.3 Å². The molecule has 1 aromatic carbocycles. The van der Waals surface area contributed by atoms with Crippen LogP contribution < -0.4 is 10.2 Å². The Kier molecular flexibility index (Phi) is 6.43. The maximum atomic E-state index is 13.6. The predicted molar refractivity (Wildman–Crippen MR) is 132 cm³/mol. The van der Waals surface area contributed by atoms with Crippen molar-refractivity contribution in [2.24, 2.45) is 0 Å². The third-order valence-corrected chi connectivity index (χ3v) is 9.48. The van der Waals surface area contributed by atoms with E-state index in [1.807, 2.05) is 25.1 Å². The fraction of sp³-hybridized carbons (Fsp3) is 0.560. The lowest BCUT2D eigenvalue weighted by molar-refractivity contribution is -0.122. The van der Waals surface area contributed by atoms with Gasteiger partial charge >= 0.3 is 0 Å². The molecule has 2 aromatic rings. The summed E-state index contributed by atoms with van der Waals surface area (Å²) in [7, 11) is -1.36. The number of carbonyl (C=O) groups is 1. The maximum Gasteiger partial charge on any atom is 0.244 e. The van der Waals surface area contributed by atoms with Gasteiger partial charge in [-0.25, -0.2) is 4.68 Å². The third kappa shape index (κ3) is 4.48. The highest BCUT2D eigenvalue weighted by Gasteiger charge is 2.49. The summed E-state index contributed by atoms with van der Waals surface area (Å²) in [6, 6.07) is 11.3. The lowest BCUT2D eigenvalue weighted by Gasteiger charge is -2.30. The van der Waals surface area contributed by atoms with Gasteiger partial charge in [0, 0.05) is 12.6 Å². The first-order chi connectivity index (χ1) is 16.4. The van der Waals surface area contributed by atoms with Crippen LogP contribution in [0.3, 0.4) is 0 Å². The number of nitriles is 1. The number of halogens is 1. The third-order valence-electron chi connectivity index (χ3n) is 7.30. The summed E-state index contributed by atoms with van der Waals surface area (Å²) in [6.45, 7) is 2.44. The lowest BCUT2D eigenvalue weighted by Crippen LogP contribution is -2.48. The molecule has 2 heterocycles. The van der Waals surface area contributed by atoms with Gasteiger partial charge in [0.05, 0.1) is 43.8 Å². The first-order valence-electron chi connectivity index (χ1n) is 12.1. The van der Waals surface area contributed by atoms with Crippen molar-refractivity contribution in [3.8, 4) is 6.07 Å². The second-order valence-corrected chi connectivity index (χ2v) is 11.9. The first kappa shape index (κ1) is 23.4. The lowest BCUT2D eigenvalue weighted by atomic mass is 9.96. The molecule has 9 heteroatoms. The van der Waals surface area contributed by atoms with E-state index in [1.54, 1.807) is 12.1 Å². The Labute approximate surface area is 207 Å². The zero-order valence-electron chi connectivity index (χ0n) is 19.4. The van der Waals surface area contributed by atoms with E-state index in [1.165, 1.54) is 19.3 Å². The molecule has 7 nitrogen and oxygen atoms in total. The summed E-state index contributed by atoms with van der Waals surface area (Å²) in [4.78, 5) is 16.1. The fourth-order valence-electron chi connectivity index (χ4n) is 5.26. The minimum Gasteiger partial charge on any atom is -0.344 e. The van der Waals surface area contributed by atoms with Gasteiger partial charge in [-0.05, 0) is 51.2 Å². The Bertz CT molecular complexity index is 1150. The van der Waals surface area contributed by atoms with Crippen molar-refractivity contribution in [2.45, 2.75) is 86.1 Å². The maximum absolute atomic E-state index is 13.6. The number of benzene rings is 1. The number of hydrogen-bond acceptors (Lipinski definition) is 5. The Balaban J connectivity index is 1.47. The molecule has 1 amide bonds. The summed E-state index contributed by atoms with van der Waals surface area (Å²) in [5, 5.41) is 17.5. The molecule has 180 valence electrons. The number of amides is 1. The van der Waals surface area contributed by atoms with E-state index in [4.69, 9.17) is 16.7 Å². The van der Waals surface area contributed by atoms with Crippen LogP contribution in [0.1, 0.15) is 63.1 Å². The van der Waals surface area contributed by atoms with E-state index in [2.05, 4.69) is 21.0 Å². The molecule has 0 bridgehead atoms. The second kappa shape index (κ2) is 9.35. The van der Waals surface area contributed by atoms with Crippen molar-refractivity contribution in [2.75, 3.05) is 11.4 Å². The Morgan fingerprint density at radius 3 is 2.68 bits per heavy atom. The van der Waals surface area contributed by atoms with Crippen LogP contribution in [0.15, 0.2) is 35.2 Å². The molecule has 0 radical (unpaired) electrons. The minimum absolute atomic E-state index is 0.174. The molecule has 2 aliphatic carbocycles. The quantitative estimate of drug-likeness (QED) is 0.640. The van der Waals surface area contributed by atoms with Gasteiger partial charge < -0.3 is 10.2 Å². The van der Waals surface area contributed by atoms with Crippen molar-refractivity contribution in [1.82, 2.24) is 15.1 Å².